The van der Waals surface area contributed by atoms with Crippen LogP contribution in [-0.2, 0) is 10.0 Å². The summed E-state index contributed by atoms with van der Waals surface area (Å²) in [4.78, 5) is 12.8. The van der Waals surface area contributed by atoms with Crippen molar-refractivity contribution in [1.82, 2.24) is 4.31 Å². The molecule has 0 radical (unpaired) electrons. The first-order valence-corrected chi connectivity index (χ1v) is 10.3. The second-order valence-electron chi connectivity index (χ2n) is 6.02. The average Bonchev–Trinajstić information content (AvgIpc) is 3.12. The molecule has 1 heterocycles. The number of nitrogens with one attached hydrogen (secondary N) is 1. The Morgan fingerprint density at radius 3 is 2.48 bits per heavy atom. The summed E-state index contributed by atoms with van der Waals surface area (Å²) in [5, 5.41) is 2.84. The molecule has 25 heavy (non-hydrogen) atoms. The van der Waals surface area contributed by atoms with Crippen LogP contribution in [0.25, 0.3) is 0 Å². The van der Waals surface area contributed by atoms with Crippen LogP contribution in [0.4, 0.5) is 5.69 Å². The lowest BCUT2D eigenvalue weighted by Gasteiger charge is -2.16. The molecule has 0 spiro atoms. The highest BCUT2D eigenvalue weighted by Crippen LogP contribution is 2.26. The van der Waals surface area contributed by atoms with Crippen LogP contribution in [0.5, 0.6) is 0 Å². The third kappa shape index (κ3) is 3.78. The molecule has 1 fully saturated rings. The van der Waals surface area contributed by atoms with Gasteiger partial charge in [-0.3, -0.25) is 4.79 Å². The predicted molar refractivity (Wildman–Crippen MR) is 101 cm³/mol. The van der Waals surface area contributed by atoms with Gasteiger partial charge in [-0.15, -0.1) is 0 Å². The minimum atomic E-state index is -3.56. The summed E-state index contributed by atoms with van der Waals surface area (Å²) in [6.07, 6.45) is 1.74. The van der Waals surface area contributed by atoms with E-state index in [9.17, 15) is 13.2 Å². The standard InChI is InChI=1S/C18H19BrN2O3S/c1-13-6-2-3-7-17(13)20-18(22)15-12-14(8-9-16(15)19)25(23,24)21-10-4-5-11-21/h2-3,6-9,12H,4-5,10-11H2,1H3,(H,20,22). The molecule has 0 atom stereocenters. The molecule has 132 valence electrons. The van der Waals surface area contributed by atoms with Crippen molar-refractivity contribution < 1.29 is 13.2 Å². The van der Waals surface area contributed by atoms with Crippen LogP contribution in [0.2, 0.25) is 0 Å². The van der Waals surface area contributed by atoms with Crippen molar-refractivity contribution in [2.24, 2.45) is 0 Å². The lowest BCUT2D eigenvalue weighted by atomic mass is 10.1. The van der Waals surface area contributed by atoms with Gasteiger partial charge in [0.05, 0.1) is 10.5 Å². The minimum Gasteiger partial charge on any atom is -0.322 e. The number of para-hydroxylation sites is 1. The number of aryl methyl sites for hydroxylation is 1. The molecule has 2 aromatic rings. The lowest BCUT2D eigenvalue weighted by Crippen LogP contribution is -2.28. The van der Waals surface area contributed by atoms with Crippen LogP contribution in [0.15, 0.2) is 51.8 Å². The molecule has 1 N–H and O–H groups in total. The smallest absolute Gasteiger partial charge is 0.256 e. The summed E-state index contributed by atoms with van der Waals surface area (Å²) in [7, 11) is -3.56. The normalized spacial score (nSPS) is 15.3. The van der Waals surface area contributed by atoms with E-state index in [-0.39, 0.29) is 10.8 Å². The Kier molecular flexibility index (Phi) is 5.27. The monoisotopic (exact) mass is 422 g/mol. The van der Waals surface area contributed by atoms with Crippen LogP contribution < -0.4 is 5.32 Å². The predicted octanol–water partition coefficient (Wildman–Crippen LogP) is 3.79. The van der Waals surface area contributed by atoms with Crippen molar-refractivity contribution >= 4 is 37.5 Å². The molecule has 1 aliphatic rings. The first-order valence-electron chi connectivity index (χ1n) is 8.06. The van der Waals surface area contributed by atoms with E-state index < -0.39 is 10.0 Å². The fraction of sp³-hybridized carbons (Fsp3) is 0.278. The molecular formula is C18H19BrN2O3S. The zero-order chi connectivity index (χ0) is 18.0. The summed E-state index contributed by atoms with van der Waals surface area (Å²) in [5.74, 6) is -0.348. The molecular weight excluding hydrogens is 404 g/mol. The lowest BCUT2D eigenvalue weighted by molar-refractivity contribution is 0.102. The second-order valence-corrected chi connectivity index (χ2v) is 8.81. The van der Waals surface area contributed by atoms with Crippen molar-refractivity contribution in [3.8, 4) is 0 Å². The molecule has 5 nitrogen and oxygen atoms in total. The van der Waals surface area contributed by atoms with Gasteiger partial charge in [0, 0.05) is 23.2 Å². The number of rotatable bonds is 4. The Morgan fingerprint density at radius 1 is 1.12 bits per heavy atom. The van der Waals surface area contributed by atoms with E-state index in [1.807, 2.05) is 31.2 Å². The molecule has 1 aliphatic heterocycles. The van der Waals surface area contributed by atoms with E-state index >= 15 is 0 Å². The van der Waals surface area contributed by atoms with E-state index in [1.54, 1.807) is 6.07 Å². The molecule has 0 aliphatic carbocycles. The zero-order valence-corrected chi connectivity index (χ0v) is 16.2. The summed E-state index contributed by atoms with van der Waals surface area (Å²) in [6.45, 7) is 2.96. The van der Waals surface area contributed by atoms with Crippen LogP contribution in [0.3, 0.4) is 0 Å². The Balaban J connectivity index is 1.91. The van der Waals surface area contributed by atoms with Gasteiger partial charge in [0.2, 0.25) is 10.0 Å². The van der Waals surface area contributed by atoms with Crippen molar-refractivity contribution in [3.05, 3.63) is 58.1 Å². The number of anilines is 1. The van der Waals surface area contributed by atoms with Crippen molar-refractivity contribution in [3.63, 3.8) is 0 Å². The highest BCUT2D eigenvalue weighted by molar-refractivity contribution is 9.10. The number of amides is 1. The number of halogens is 1. The maximum Gasteiger partial charge on any atom is 0.256 e. The average molecular weight is 423 g/mol. The van der Waals surface area contributed by atoms with Crippen LogP contribution in [-0.4, -0.2) is 31.7 Å². The number of carbonyl (C=O) groups excluding carboxylic acids is 1. The van der Waals surface area contributed by atoms with E-state index in [2.05, 4.69) is 21.2 Å². The molecule has 0 saturated carbocycles. The van der Waals surface area contributed by atoms with Gasteiger partial charge in [0.1, 0.15) is 0 Å². The minimum absolute atomic E-state index is 0.146. The van der Waals surface area contributed by atoms with Crippen LogP contribution >= 0.6 is 15.9 Å². The molecule has 0 unspecified atom stereocenters. The van der Waals surface area contributed by atoms with Gasteiger partial charge < -0.3 is 5.32 Å². The largest absolute Gasteiger partial charge is 0.322 e. The van der Waals surface area contributed by atoms with E-state index in [1.165, 1.54) is 16.4 Å². The Bertz CT molecular complexity index is 906. The molecule has 3 rings (SSSR count). The fourth-order valence-corrected chi connectivity index (χ4v) is 4.79. The highest BCUT2D eigenvalue weighted by Gasteiger charge is 2.28. The Labute approximate surface area is 156 Å². The molecule has 1 saturated heterocycles. The Morgan fingerprint density at radius 2 is 1.80 bits per heavy atom. The van der Waals surface area contributed by atoms with E-state index in [4.69, 9.17) is 0 Å². The maximum absolute atomic E-state index is 12.7. The second kappa shape index (κ2) is 7.27. The van der Waals surface area contributed by atoms with E-state index in [0.29, 0.717) is 28.8 Å². The SMILES string of the molecule is Cc1ccccc1NC(=O)c1cc(S(=O)(=O)N2CCCC2)ccc1Br. The number of nitrogens with zero attached hydrogens (tertiary/aromatic N) is 1. The third-order valence-corrected chi connectivity index (χ3v) is 6.86. The topological polar surface area (TPSA) is 66.5 Å². The summed E-state index contributed by atoms with van der Waals surface area (Å²) in [6, 6.07) is 12.0. The number of sulfonamides is 1. The van der Waals surface area contributed by atoms with Gasteiger partial charge in [0.25, 0.3) is 5.91 Å². The number of benzene rings is 2. The molecule has 2 aromatic carbocycles. The number of hydrogen-bond acceptors (Lipinski definition) is 3. The number of hydrogen-bond donors (Lipinski definition) is 1. The molecule has 0 bridgehead atoms. The highest BCUT2D eigenvalue weighted by atomic mass is 79.9. The van der Waals surface area contributed by atoms with Gasteiger partial charge in [-0.05, 0) is 65.5 Å². The van der Waals surface area contributed by atoms with Crippen molar-refractivity contribution in [2.75, 3.05) is 18.4 Å². The maximum atomic E-state index is 12.7. The summed E-state index contributed by atoms with van der Waals surface area (Å²) >= 11 is 3.34. The van der Waals surface area contributed by atoms with Crippen LogP contribution in [0, 0.1) is 6.92 Å². The van der Waals surface area contributed by atoms with Crippen LogP contribution in [0.1, 0.15) is 28.8 Å². The first-order chi connectivity index (χ1) is 11.9. The fourth-order valence-electron chi connectivity index (χ4n) is 2.82. The van der Waals surface area contributed by atoms with Crippen molar-refractivity contribution in [1.29, 1.82) is 0 Å². The summed E-state index contributed by atoms with van der Waals surface area (Å²) in [5.41, 5.74) is 1.93. The third-order valence-electron chi connectivity index (χ3n) is 4.28. The Hall–Kier alpha value is -1.70. The molecule has 1 amide bonds. The molecule has 7 heteroatoms. The van der Waals surface area contributed by atoms with Gasteiger partial charge in [-0.25, -0.2) is 8.42 Å². The van der Waals surface area contributed by atoms with Gasteiger partial charge >= 0.3 is 0 Å². The van der Waals surface area contributed by atoms with E-state index in [0.717, 1.165) is 18.4 Å². The van der Waals surface area contributed by atoms with Gasteiger partial charge in [-0.1, -0.05) is 18.2 Å². The summed E-state index contributed by atoms with van der Waals surface area (Å²) < 4.78 is 27.4. The van der Waals surface area contributed by atoms with Gasteiger partial charge in [-0.2, -0.15) is 4.31 Å². The molecule has 0 aromatic heterocycles. The number of carbonyl (C=O) groups is 1. The van der Waals surface area contributed by atoms with Gasteiger partial charge in [0.15, 0.2) is 0 Å². The first kappa shape index (κ1) is 18.1. The van der Waals surface area contributed by atoms with Crippen molar-refractivity contribution in [2.45, 2.75) is 24.7 Å². The quantitative estimate of drug-likeness (QED) is 0.814. The zero-order valence-electron chi connectivity index (χ0n) is 13.8.